The Morgan fingerprint density at radius 2 is 2.00 bits per heavy atom. The summed E-state index contributed by atoms with van der Waals surface area (Å²) in [4.78, 5) is 40.5. The zero-order valence-electron chi connectivity index (χ0n) is 14.0. The first-order valence-electron chi connectivity index (χ1n) is 7.70. The van der Waals surface area contributed by atoms with Gasteiger partial charge >= 0.3 is 6.09 Å². The van der Waals surface area contributed by atoms with E-state index >= 15 is 0 Å². The van der Waals surface area contributed by atoms with E-state index in [4.69, 9.17) is 4.74 Å². The van der Waals surface area contributed by atoms with E-state index in [9.17, 15) is 14.4 Å². The van der Waals surface area contributed by atoms with E-state index in [1.54, 1.807) is 36.9 Å². The van der Waals surface area contributed by atoms with Gasteiger partial charge in [0.15, 0.2) is 0 Å². The smallest absolute Gasteiger partial charge is 0.414 e. The second-order valence-electron chi connectivity index (χ2n) is 5.29. The van der Waals surface area contributed by atoms with Crippen molar-refractivity contribution in [3.05, 3.63) is 45.8 Å². The van der Waals surface area contributed by atoms with E-state index in [1.165, 1.54) is 22.7 Å². The van der Waals surface area contributed by atoms with Crippen LogP contribution in [-0.2, 0) is 4.74 Å². The number of ether oxygens (including phenoxy) is 1. The number of aromatic nitrogens is 1. The number of fused-ring (bicyclic) bond motifs is 1. The van der Waals surface area contributed by atoms with Gasteiger partial charge in [0.25, 0.3) is 11.8 Å². The number of hydrogen-bond acceptors (Lipinski definition) is 7. The number of aryl methyl sites for hydroxylation is 1. The van der Waals surface area contributed by atoms with Crippen molar-refractivity contribution >= 4 is 55.8 Å². The van der Waals surface area contributed by atoms with E-state index in [0.29, 0.717) is 16.1 Å². The van der Waals surface area contributed by atoms with Crippen molar-refractivity contribution in [3.63, 3.8) is 0 Å². The van der Waals surface area contributed by atoms with Crippen molar-refractivity contribution in [2.75, 3.05) is 11.9 Å². The zero-order chi connectivity index (χ0) is 18.7. The Hall–Kier alpha value is -2.78. The van der Waals surface area contributed by atoms with Crippen molar-refractivity contribution in [1.82, 2.24) is 10.3 Å². The van der Waals surface area contributed by atoms with Crippen LogP contribution in [0.2, 0.25) is 0 Å². The van der Waals surface area contributed by atoms with Crippen LogP contribution < -0.4 is 10.6 Å². The van der Waals surface area contributed by atoms with Crippen molar-refractivity contribution < 1.29 is 19.1 Å². The fourth-order valence-electron chi connectivity index (χ4n) is 2.32. The largest absolute Gasteiger partial charge is 0.450 e. The lowest BCUT2D eigenvalue weighted by atomic mass is 10.1. The highest BCUT2D eigenvalue weighted by Gasteiger charge is 2.21. The molecule has 3 rings (SSSR count). The molecule has 9 heteroatoms. The molecule has 0 radical (unpaired) electrons. The number of hydrogen-bond donors (Lipinski definition) is 2. The number of amides is 3. The van der Waals surface area contributed by atoms with Crippen LogP contribution in [0.15, 0.2) is 29.1 Å². The third kappa shape index (κ3) is 3.73. The van der Waals surface area contributed by atoms with Gasteiger partial charge in [-0.05, 0) is 43.0 Å². The SMILES string of the molecule is CCOC(=O)NC(=O)c1c(C)csc1NC(=O)c1ccc2scnc2c1. The lowest BCUT2D eigenvalue weighted by Gasteiger charge is -2.08. The van der Waals surface area contributed by atoms with Gasteiger partial charge in [-0.3, -0.25) is 14.9 Å². The molecule has 7 nitrogen and oxygen atoms in total. The number of alkyl carbamates (subject to hydrolysis) is 1. The fraction of sp³-hybridized carbons (Fsp3) is 0.176. The van der Waals surface area contributed by atoms with Crippen molar-refractivity contribution in [1.29, 1.82) is 0 Å². The third-order valence-electron chi connectivity index (χ3n) is 3.51. The molecule has 2 aromatic heterocycles. The van der Waals surface area contributed by atoms with Crippen LogP contribution in [0, 0.1) is 6.92 Å². The standard InChI is InChI=1S/C17H15N3O4S2/c1-3-24-17(23)20-15(22)13-9(2)7-25-16(13)19-14(21)10-4-5-12-11(6-10)18-8-26-12/h4-8H,3H2,1-2H3,(H,19,21)(H,20,22,23). The van der Waals surface area contributed by atoms with Gasteiger partial charge < -0.3 is 10.1 Å². The number of nitrogens with zero attached hydrogens (tertiary/aromatic N) is 1. The molecule has 26 heavy (non-hydrogen) atoms. The first-order valence-corrected chi connectivity index (χ1v) is 9.46. The summed E-state index contributed by atoms with van der Waals surface area (Å²) in [6.07, 6.45) is -0.825. The molecule has 0 atom stereocenters. The number of carbonyl (C=O) groups excluding carboxylic acids is 3. The Morgan fingerprint density at radius 3 is 2.77 bits per heavy atom. The third-order valence-corrected chi connectivity index (χ3v) is 5.34. The van der Waals surface area contributed by atoms with Crippen LogP contribution in [0.3, 0.4) is 0 Å². The highest BCUT2D eigenvalue weighted by Crippen LogP contribution is 2.28. The van der Waals surface area contributed by atoms with Gasteiger partial charge in [-0.2, -0.15) is 0 Å². The molecule has 0 saturated carbocycles. The number of nitrogens with one attached hydrogen (secondary N) is 2. The van der Waals surface area contributed by atoms with Gasteiger partial charge in [0.2, 0.25) is 0 Å². The van der Waals surface area contributed by atoms with Gasteiger partial charge in [0, 0.05) is 5.56 Å². The topological polar surface area (TPSA) is 97.4 Å². The summed E-state index contributed by atoms with van der Waals surface area (Å²) in [6, 6.07) is 5.23. The van der Waals surface area contributed by atoms with Crippen LogP contribution in [-0.4, -0.2) is 29.5 Å². The summed E-state index contributed by atoms with van der Waals surface area (Å²) in [7, 11) is 0. The van der Waals surface area contributed by atoms with Gasteiger partial charge in [-0.1, -0.05) is 0 Å². The van der Waals surface area contributed by atoms with Crippen molar-refractivity contribution in [3.8, 4) is 0 Å². The molecular weight excluding hydrogens is 374 g/mol. The van der Waals surface area contributed by atoms with Crippen LogP contribution in [0.5, 0.6) is 0 Å². The van der Waals surface area contributed by atoms with Gasteiger partial charge in [-0.25, -0.2) is 9.78 Å². The van der Waals surface area contributed by atoms with Crippen LogP contribution in [0.25, 0.3) is 10.2 Å². The van der Waals surface area contributed by atoms with E-state index in [0.717, 1.165) is 10.2 Å². The maximum atomic E-state index is 12.5. The minimum atomic E-state index is -0.825. The molecule has 3 amide bonds. The highest BCUT2D eigenvalue weighted by molar-refractivity contribution is 7.16. The molecular formula is C17H15N3O4S2. The summed E-state index contributed by atoms with van der Waals surface area (Å²) in [5.41, 5.74) is 3.79. The number of thiophene rings is 1. The van der Waals surface area contributed by atoms with Crippen LogP contribution in [0.4, 0.5) is 9.80 Å². The zero-order valence-corrected chi connectivity index (χ0v) is 15.6. The number of benzene rings is 1. The molecule has 0 unspecified atom stereocenters. The van der Waals surface area contributed by atoms with E-state index in [2.05, 4.69) is 15.6 Å². The maximum Gasteiger partial charge on any atom is 0.414 e. The fourth-order valence-corrected chi connectivity index (χ4v) is 3.91. The Kier molecular flexibility index (Phi) is 5.29. The van der Waals surface area contributed by atoms with Crippen molar-refractivity contribution in [2.24, 2.45) is 0 Å². The Labute approximate surface area is 157 Å². The molecule has 0 spiro atoms. The molecule has 2 N–H and O–H groups in total. The summed E-state index contributed by atoms with van der Waals surface area (Å²) in [5, 5.41) is 6.98. The summed E-state index contributed by atoms with van der Waals surface area (Å²) >= 11 is 2.71. The predicted octanol–water partition coefficient (Wildman–Crippen LogP) is 3.80. The number of imide groups is 1. The minimum Gasteiger partial charge on any atom is -0.450 e. The number of rotatable bonds is 4. The van der Waals surface area contributed by atoms with Crippen LogP contribution >= 0.6 is 22.7 Å². The first-order chi connectivity index (χ1) is 12.5. The number of thiazole rings is 1. The van der Waals surface area contributed by atoms with Crippen molar-refractivity contribution in [2.45, 2.75) is 13.8 Å². The average Bonchev–Trinajstić information content (AvgIpc) is 3.20. The quantitative estimate of drug-likeness (QED) is 0.707. The summed E-state index contributed by atoms with van der Waals surface area (Å²) < 4.78 is 5.70. The molecule has 0 aliphatic rings. The molecule has 0 aliphatic carbocycles. The predicted molar refractivity (Wildman–Crippen MR) is 101 cm³/mol. The van der Waals surface area contributed by atoms with E-state index < -0.39 is 12.0 Å². The highest BCUT2D eigenvalue weighted by atomic mass is 32.1. The summed E-state index contributed by atoms with van der Waals surface area (Å²) in [6.45, 7) is 3.53. The summed E-state index contributed by atoms with van der Waals surface area (Å²) in [5.74, 6) is -0.973. The lowest BCUT2D eigenvalue weighted by Crippen LogP contribution is -2.31. The monoisotopic (exact) mass is 389 g/mol. The molecule has 0 saturated heterocycles. The van der Waals surface area contributed by atoms with Crippen LogP contribution in [0.1, 0.15) is 33.2 Å². The first kappa shape index (κ1) is 18.0. The molecule has 1 aromatic carbocycles. The Balaban J connectivity index is 1.80. The van der Waals surface area contributed by atoms with E-state index in [-0.39, 0.29) is 18.1 Å². The van der Waals surface area contributed by atoms with Gasteiger partial charge in [0.05, 0.1) is 27.9 Å². The van der Waals surface area contributed by atoms with Gasteiger partial charge in [0.1, 0.15) is 5.00 Å². The molecule has 0 fully saturated rings. The molecule has 134 valence electrons. The Morgan fingerprint density at radius 1 is 1.19 bits per heavy atom. The van der Waals surface area contributed by atoms with Gasteiger partial charge in [-0.15, -0.1) is 22.7 Å². The number of carbonyl (C=O) groups is 3. The Bertz CT molecular complexity index is 993. The average molecular weight is 389 g/mol. The molecule has 0 bridgehead atoms. The maximum absolute atomic E-state index is 12.5. The molecule has 2 heterocycles. The second-order valence-corrected chi connectivity index (χ2v) is 7.05. The normalized spacial score (nSPS) is 10.5. The lowest BCUT2D eigenvalue weighted by molar-refractivity contribution is 0.0925. The second kappa shape index (κ2) is 7.63. The van der Waals surface area contributed by atoms with E-state index in [1.807, 2.05) is 6.07 Å². The number of anilines is 1. The molecule has 3 aromatic rings. The molecule has 0 aliphatic heterocycles. The minimum absolute atomic E-state index is 0.157.